The van der Waals surface area contributed by atoms with Crippen molar-refractivity contribution < 1.29 is 32.7 Å². The Kier molecular flexibility index (Phi) is 5.55. The van der Waals surface area contributed by atoms with Gasteiger partial charge in [-0.3, -0.25) is 0 Å². The number of nitrogens with zero attached hydrogens (tertiary/aromatic N) is 1. The van der Waals surface area contributed by atoms with E-state index >= 15 is 0 Å². The van der Waals surface area contributed by atoms with Crippen LogP contribution in [0, 0.1) is 12.8 Å². The van der Waals surface area contributed by atoms with E-state index in [1.54, 1.807) is 0 Å². The van der Waals surface area contributed by atoms with Crippen molar-refractivity contribution in [1.82, 2.24) is 4.90 Å². The van der Waals surface area contributed by atoms with Gasteiger partial charge in [-0.05, 0) is 7.05 Å². The summed E-state index contributed by atoms with van der Waals surface area (Å²) >= 11 is 0. The van der Waals surface area contributed by atoms with Gasteiger partial charge < -0.3 is 24.2 Å². The molecule has 1 heterocycles. The topological polar surface area (TPSA) is 3.24 Å². The van der Waals surface area contributed by atoms with Crippen molar-refractivity contribution in [3.8, 4) is 0 Å². The van der Waals surface area contributed by atoms with Gasteiger partial charge in [0.1, 0.15) is 0 Å². The predicted molar refractivity (Wildman–Crippen MR) is 30.7 cm³/mol. The third-order valence-corrected chi connectivity index (χ3v) is 1.21. The summed E-state index contributed by atoms with van der Waals surface area (Å²) in [6.07, 6.45) is 5.76. The minimum absolute atomic E-state index is 0. The van der Waals surface area contributed by atoms with Crippen LogP contribution in [0.25, 0.3) is 0 Å². The molecule has 1 fully saturated rings. The van der Waals surface area contributed by atoms with Crippen molar-refractivity contribution in [3.63, 3.8) is 0 Å². The summed E-state index contributed by atoms with van der Waals surface area (Å²) in [7, 11) is 2.13. The molecular weight excluding hydrogens is 175 g/mol. The van der Waals surface area contributed by atoms with E-state index in [1.165, 1.54) is 6.42 Å². The first-order valence-electron chi connectivity index (χ1n) is 2.71. The molecule has 0 aliphatic carbocycles. The van der Waals surface area contributed by atoms with E-state index in [1.807, 2.05) is 0 Å². The molecule has 0 aromatic rings. The van der Waals surface area contributed by atoms with E-state index < -0.39 is 0 Å². The summed E-state index contributed by atoms with van der Waals surface area (Å²) in [4.78, 5) is 2.28. The Bertz CT molecular complexity index is 50.5. The summed E-state index contributed by atoms with van der Waals surface area (Å²) in [6, 6.07) is 0. The van der Waals surface area contributed by atoms with E-state index in [0.717, 1.165) is 13.1 Å². The Balaban J connectivity index is 0.000000490. The van der Waals surface area contributed by atoms with E-state index in [2.05, 4.69) is 24.8 Å². The van der Waals surface area contributed by atoms with E-state index in [0.29, 0.717) is 0 Å². The molecule has 1 radical (unpaired) electrons. The van der Waals surface area contributed by atoms with Crippen molar-refractivity contribution in [2.75, 3.05) is 20.1 Å². The fraction of sp³-hybridized carbons (Fsp3) is 0.667. The Hall–Kier alpha value is 1.06. The molecule has 1 rings (SSSR count). The molecule has 0 N–H and O–H groups in total. The van der Waals surface area contributed by atoms with Gasteiger partial charge in [0.05, 0.1) is 0 Å². The zero-order chi connectivity index (χ0) is 5.11. The monoisotopic (exact) mass is 186 g/mol. The second-order valence-electron chi connectivity index (χ2n) is 2.03. The maximum absolute atomic E-state index is 2.28. The van der Waals surface area contributed by atoms with Gasteiger partial charge in [-0.15, -0.1) is 13.1 Å². The van der Waals surface area contributed by atoms with Crippen LogP contribution < -0.4 is 0 Å². The van der Waals surface area contributed by atoms with Crippen LogP contribution >= 0.6 is 0 Å². The van der Waals surface area contributed by atoms with Crippen LogP contribution in [-0.2, 0) is 32.7 Å². The molecule has 0 bridgehead atoms. The minimum atomic E-state index is 0. The summed E-state index contributed by atoms with van der Waals surface area (Å²) in [5, 5.41) is 0. The Morgan fingerprint density at radius 3 is 2.00 bits per heavy atom. The fourth-order valence-electron chi connectivity index (χ4n) is 0.782. The quantitative estimate of drug-likeness (QED) is 0.504. The molecule has 0 saturated carbocycles. The molecule has 0 atom stereocenters. The van der Waals surface area contributed by atoms with Gasteiger partial charge in [0, 0.05) is 32.7 Å². The second kappa shape index (κ2) is 4.90. The molecule has 8 heavy (non-hydrogen) atoms. The Labute approximate surface area is 76.7 Å². The maximum atomic E-state index is 2.28. The van der Waals surface area contributed by atoms with E-state index in [9.17, 15) is 0 Å². The fourth-order valence-corrected chi connectivity index (χ4v) is 0.782. The zero-order valence-corrected chi connectivity index (χ0v) is 8.14. The molecule has 0 amide bonds. The van der Waals surface area contributed by atoms with Crippen LogP contribution in [0.5, 0.6) is 0 Å². The number of piperidine rings is 1. The molecule has 1 saturated heterocycles. The Morgan fingerprint density at radius 1 is 1.25 bits per heavy atom. The first-order chi connectivity index (χ1) is 3.39. The third-order valence-electron chi connectivity index (χ3n) is 1.21. The molecule has 1 aliphatic heterocycles. The van der Waals surface area contributed by atoms with Gasteiger partial charge in [-0.2, -0.15) is 0 Å². The summed E-state index contributed by atoms with van der Waals surface area (Å²) in [5.74, 6) is 0. The van der Waals surface area contributed by atoms with Crippen LogP contribution in [0.2, 0.25) is 0 Å². The van der Waals surface area contributed by atoms with Crippen LogP contribution in [0.15, 0.2) is 0 Å². The molecule has 45 valence electrons. The van der Waals surface area contributed by atoms with Gasteiger partial charge in [-0.25, -0.2) is 0 Å². The van der Waals surface area contributed by atoms with Gasteiger partial charge in [0.15, 0.2) is 0 Å². The van der Waals surface area contributed by atoms with Gasteiger partial charge in [0.2, 0.25) is 0 Å². The molecule has 1 aliphatic rings. The molecule has 1 nitrogen and oxygen atoms in total. The maximum Gasteiger partial charge on any atom is 0 e. The molecule has 2 heteroatoms. The normalized spacial score (nSPS) is 22.1. The molecular formula is C6H11NY-2. The standard InChI is InChI=1S/C6H11N.Y/c1-7-5-3-2-4-6-7;/h3-4H,2,5-6H2,1H3;/q-2;. The zero-order valence-electron chi connectivity index (χ0n) is 5.30. The first kappa shape index (κ1) is 9.06. The van der Waals surface area contributed by atoms with Crippen LogP contribution in [0.3, 0.4) is 0 Å². The molecule has 0 aromatic heterocycles. The smallest absolute Gasteiger partial charge is 0 e. The Morgan fingerprint density at radius 2 is 1.75 bits per heavy atom. The number of likely N-dealkylation sites (tertiary alicyclic amines) is 1. The summed E-state index contributed by atoms with van der Waals surface area (Å²) in [6.45, 7) is 2.33. The van der Waals surface area contributed by atoms with Crippen molar-refractivity contribution in [1.29, 1.82) is 0 Å². The first-order valence-corrected chi connectivity index (χ1v) is 2.71. The minimum Gasteiger partial charge on any atom is -0.365 e. The SMILES string of the molecule is CN1C[CH-]C[CH-]C1.[Y]. The van der Waals surface area contributed by atoms with Crippen LogP contribution in [0.4, 0.5) is 0 Å². The van der Waals surface area contributed by atoms with Gasteiger partial charge >= 0.3 is 0 Å². The largest absolute Gasteiger partial charge is 0.365 e. The molecule has 0 unspecified atom stereocenters. The van der Waals surface area contributed by atoms with Crippen molar-refractivity contribution in [2.45, 2.75) is 6.42 Å². The van der Waals surface area contributed by atoms with Gasteiger partial charge in [0.25, 0.3) is 0 Å². The summed E-state index contributed by atoms with van der Waals surface area (Å²) in [5.41, 5.74) is 0. The van der Waals surface area contributed by atoms with Crippen molar-refractivity contribution in [2.24, 2.45) is 0 Å². The number of rotatable bonds is 0. The van der Waals surface area contributed by atoms with Crippen LogP contribution in [-0.4, -0.2) is 25.0 Å². The average molecular weight is 186 g/mol. The second-order valence-corrected chi connectivity index (χ2v) is 2.03. The predicted octanol–water partition coefficient (Wildman–Crippen LogP) is 0.728. The van der Waals surface area contributed by atoms with Gasteiger partial charge in [-0.1, -0.05) is 0 Å². The third kappa shape index (κ3) is 3.16. The average Bonchev–Trinajstić information content (AvgIpc) is 1.69. The van der Waals surface area contributed by atoms with E-state index in [4.69, 9.17) is 0 Å². The van der Waals surface area contributed by atoms with Crippen molar-refractivity contribution >= 4 is 0 Å². The van der Waals surface area contributed by atoms with Crippen LogP contribution in [0.1, 0.15) is 6.42 Å². The van der Waals surface area contributed by atoms with E-state index in [-0.39, 0.29) is 32.7 Å². The molecule has 0 aromatic carbocycles. The number of hydrogen-bond acceptors (Lipinski definition) is 1. The van der Waals surface area contributed by atoms with Crippen molar-refractivity contribution in [3.05, 3.63) is 12.8 Å². The molecule has 0 spiro atoms. The number of hydrogen-bond donors (Lipinski definition) is 0. The summed E-state index contributed by atoms with van der Waals surface area (Å²) < 4.78 is 0.